The average molecular weight is 854 g/mol. The lowest BCUT2D eigenvalue weighted by molar-refractivity contribution is -0.179. The van der Waals surface area contributed by atoms with E-state index in [-0.39, 0.29) is 25.5 Å². The van der Waals surface area contributed by atoms with Crippen LogP contribution in [0, 0.1) is 23.7 Å². The molecule has 4 aliphatic rings. The number of fused-ring (bicyclic) bond motifs is 3. The van der Waals surface area contributed by atoms with Crippen molar-refractivity contribution in [2.24, 2.45) is 11.8 Å². The standard InChI is InChI=1S/C50H51N3O10/c1-60-46(56)37(47(57)61-2)23-14-16-32-24-25-39-38(30-32)50(49(59)51-39)40(45(55)52-26-12-4-3-5-13-27-52)42-48(58)63-43(34-19-10-7-11-20-34)41(33-17-8-6-9-18-33)53(42)44(50)35-21-15-22-36(31-35)62-29-28-54/h6-11,15,17-22,24-25,30-31,37,40-44,54H,3-5,12-13,23,26-29H2,1-2H3,(H,51,59)/t40-,41-,42-,43+,44+,50-/m1/s1. The van der Waals surface area contributed by atoms with Crippen molar-refractivity contribution in [3.63, 3.8) is 0 Å². The Morgan fingerprint density at radius 2 is 1.46 bits per heavy atom. The predicted molar refractivity (Wildman–Crippen MR) is 231 cm³/mol. The summed E-state index contributed by atoms with van der Waals surface area (Å²) in [5.41, 5.74) is 1.81. The summed E-state index contributed by atoms with van der Waals surface area (Å²) in [6.07, 6.45) is 3.50. The van der Waals surface area contributed by atoms with Crippen molar-refractivity contribution < 1.29 is 48.0 Å². The molecule has 0 aliphatic carbocycles. The van der Waals surface area contributed by atoms with Crippen LogP contribution < -0.4 is 10.1 Å². The molecule has 3 saturated heterocycles. The summed E-state index contributed by atoms with van der Waals surface area (Å²) in [7, 11) is 2.36. The molecule has 6 atom stereocenters. The number of hydrogen-bond acceptors (Lipinski definition) is 11. The Morgan fingerprint density at radius 1 is 0.810 bits per heavy atom. The first-order valence-electron chi connectivity index (χ1n) is 21.5. The molecule has 4 heterocycles. The fraction of sp³-hybridized carbons (Fsp3) is 0.380. The lowest BCUT2D eigenvalue weighted by Crippen LogP contribution is -2.55. The highest BCUT2D eigenvalue weighted by Gasteiger charge is 2.74. The van der Waals surface area contributed by atoms with E-state index in [1.165, 1.54) is 14.2 Å². The number of likely N-dealkylation sites (tertiary alicyclic amines) is 1. The molecule has 63 heavy (non-hydrogen) atoms. The van der Waals surface area contributed by atoms with Gasteiger partial charge in [0.05, 0.1) is 38.8 Å². The zero-order valence-corrected chi connectivity index (χ0v) is 35.4. The van der Waals surface area contributed by atoms with Crippen LogP contribution in [0.1, 0.15) is 84.5 Å². The van der Waals surface area contributed by atoms with Crippen molar-refractivity contribution in [3.05, 3.63) is 131 Å². The van der Waals surface area contributed by atoms with Crippen molar-refractivity contribution >= 4 is 35.4 Å². The topological polar surface area (TPSA) is 161 Å². The van der Waals surface area contributed by atoms with E-state index in [4.69, 9.17) is 18.9 Å². The summed E-state index contributed by atoms with van der Waals surface area (Å²) in [6.45, 7) is 0.741. The summed E-state index contributed by atoms with van der Waals surface area (Å²) >= 11 is 0. The van der Waals surface area contributed by atoms with Gasteiger partial charge in [-0.05, 0) is 65.4 Å². The summed E-state index contributed by atoms with van der Waals surface area (Å²) < 4.78 is 22.2. The van der Waals surface area contributed by atoms with Crippen LogP contribution >= 0.6 is 0 Å². The number of rotatable bonds is 10. The minimum absolute atomic E-state index is 0.0227. The number of aliphatic hydroxyl groups excluding tert-OH is 1. The van der Waals surface area contributed by atoms with Gasteiger partial charge in [-0.1, -0.05) is 104 Å². The summed E-state index contributed by atoms with van der Waals surface area (Å²) in [4.78, 5) is 75.5. The van der Waals surface area contributed by atoms with Crippen LogP contribution in [0.5, 0.6) is 5.75 Å². The molecule has 0 aromatic heterocycles. The molecule has 3 fully saturated rings. The number of aliphatic hydroxyl groups is 1. The van der Waals surface area contributed by atoms with Crippen molar-refractivity contribution in [2.75, 3.05) is 45.8 Å². The lowest BCUT2D eigenvalue weighted by atomic mass is 9.65. The number of esters is 3. The number of carbonyl (C=O) groups is 5. The average Bonchev–Trinajstić information content (AvgIpc) is 3.78. The van der Waals surface area contributed by atoms with E-state index in [0.29, 0.717) is 41.2 Å². The molecule has 326 valence electrons. The van der Waals surface area contributed by atoms with Gasteiger partial charge in [0.1, 0.15) is 29.9 Å². The van der Waals surface area contributed by atoms with Crippen LogP contribution in [0.15, 0.2) is 103 Å². The van der Waals surface area contributed by atoms with Gasteiger partial charge >= 0.3 is 17.9 Å². The Bertz CT molecular complexity index is 2390. The molecule has 0 unspecified atom stereocenters. The molecule has 4 aliphatic heterocycles. The molecule has 4 aromatic carbocycles. The molecule has 8 rings (SSSR count). The van der Waals surface area contributed by atoms with Crippen LogP contribution in [0.25, 0.3) is 0 Å². The molecule has 0 radical (unpaired) electrons. The van der Waals surface area contributed by atoms with E-state index in [0.717, 1.165) is 43.2 Å². The number of benzene rings is 4. The Kier molecular flexibility index (Phi) is 12.9. The largest absolute Gasteiger partial charge is 0.491 e. The second kappa shape index (κ2) is 18.9. The zero-order chi connectivity index (χ0) is 44.1. The Balaban J connectivity index is 1.39. The van der Waals surface area contributed by atoms with Gasteiger partial charge in [-0.25, -0.2) is 0 Å². The summed E-state index contributed by atoms with van der Waals surface area (Å²) in [5, 5.41) is 12.9. The second-order valence-electron chi connectivity index (χ2n) is 16.3. The Morgan fingerprint density at radius 3 is 2.13 bits per heavy atom. The molecular formula is C50H51N3O10. The SMILES string of the molecule is COC(=O)C(CC#Cc1ccc2c(c1)[C@]1(C(=O)N2)[C@H](c2cccc(OCCO)c2)N2[C@H](c3ccccc3)[C@H](c3ccccc3)OC(=O)[C@H]2[C@@H]1C(=O)N1CCCCCCC1)C(=O)OC. The molecule has 0 saturated carbocycles. The number of morpholine rings is 1. The zero-order valence-electron chi connectivity index (χ0n) is 35.4. The molecule has 2 N–H and O–H groups in total. The van der Waals surface area contributed by atoms with Gasteiger partial charge in [0.15, 0.2) is 5.92 Å². The maximum atomic E-state index is 15.8. The second-order valence-corrected chi connectivity index (χ2v) is 16.3. The number of ether oxygens (including phenoxy) is 4. The van der Waals surface area contributed by atoms with Gasteiger partial charge in [0.2, 0.25) is 11.8 Å². The van der Waals surface area contributed by atoms with E-state index < -0.39 is 65.3 Å². The fourth-order valence-electron chi connectivity index (χ4n) is 10.1. The first-order chi connectivity index (χ1) is 30.7. The maximum Gasteiger partial charge on any atom is 0.324 e. The third-order valence-corrected chi connectivity index (χ3v) is 12.8. The van der Waals surface area contributed by atoms with Crippen molar-refractivity contribution in [2.45, 2.75) is 68.2 Å². The maximum absolute atomic E-state index is 15.8. The van der Waals surface area contributed by atoms with Gasteiger partial charge in [-0.2, -0.15) is 0 Å². The highest BCUT2D eigenvalue weighted by molar-refractivity contribution is 6.12. The normalized spacial score (nSPS) is 24.2. The van der Waals surface area contributed by atoms with E-state index in [2.05, 4.69) is 17.2 Å². The predicted octanol–water partition coefficient (Wildman–Crippen LogP) is 5.83. The minimum Gasteiger partial charge on any atom is -0.491 e. The van der Waals surface area contributed by atoms with E-state index >= 15 is 14.4 Å². The van der Waals surface area contributed by atoms with Gasteiger partial charge in [-0.15, -0.1) is 0 Å². The highest BCUT2D eigenvalue weighted by atomic mass is 16.6. The number of anilines is 1. The third kappa shape index (κ3) is 8.05. The van der Waals surface area contributed by atoms with Crippen LogP contribution in [0.3, 0.4) is 0 Å². The van der Waals surface area contributed by atoms with Gasteiger partial charge in [0, 0.05) is 30.8 Å². The molecular weight excluding hydrogens is 803 g/mol. The van der Waals surface area contributed by atoms with Crippen molar-refractivity contribution in [3.8, 4) is 17.6 Å². The number of nitrogens with zero attached hydrogens (tertiary/aromatic N) is 2. The Labute approximate surface area is 366 Å². The van der Waals surface area contributed by atoms with Crippen LogP contribution in [-0.2, 0) is 43.6 Å². The van der Waals surface area contributed by atoms with E-state index in [1.807, 2.05) is 82.6 Å². The third-order valence-electron chi connectivity index (χ3n) is 12.8. The Hall–Kier alpha value is -6.49. The summed E-state index contributed by atoms with van der Waals surface area (Å²) in [6, 6.07) is 28.8. The summed E-state index contributed by atoms with van der Waals surface area (Å²) in [5.74, 6) is 0.947. The monoisotopic (exact) mass is 853 g/mol. The van der Waals surface area contributed by atoms with Crippen molar-refractivity contribution in [1.82, 2.24) is 9.80 Å². The first-order valence-corrected chi connectivity index (χ1v) is 21.5. The number of amides is 2. The molecule has 1 spiro atoms. The number of nitrogens with one attached hydrogen (secondary N) is 1. The highest BCUT2D eigenvalue weighted by Crippen LogP contribution is 2.65. The number of carbonyl (C=O) groups excluding carboxylic acids is 5. The van der Waals surface area contributed by atoms with E-state index in [9.17, 15) is 14.7 Å². The molecule has 4 aromatic rings. The van der Waals surface area contributed by atoms with Crippen LogP contribution in [0.4, 0.5) is 5.69 Å². The number of methoxy groups -OCH3 is 2. The molecule has 13 heteroatoms. The quantitative estimate of drug-likeness (QED) is 0.0856. The van der Waals surface area contributed by atoms with Crippen molar-refractivity contribution in [1.29, 1.82) is 0 Å². The van der Waals surface area contributed by atoms with Crippen LogP contribution in [-0.4, -0.2) is 91.2 Å². The van der Waals surface area contributed by atoms with Gasteiger partial charge in [0.25, 0.3) is 0 Å². The minimum atomic E-state index is -1.75. The smallest absolute Gasteiger partial charge is 0.324 e. The number of hydrogen-bond donors (Lipinski definition) is 2. The lowest BCUT2D eigenvalue weighted by Gasteiger charge is -2.46. The molecule has 0 bridgehead atoms. The number of cyclic esters (lactones) is 1. The van der Waals surface area contributed by atoms with Crippen LogP contribution in [0.2, 0.25) is 0 Å². The molecule has 13 nitrogen and oxygen atoms in total. The van der Waals surface area contributed by atoms with E-state index in [1.54, 1.807) is 30.3 Å². The van der Waals surface area contributed by atoms with Gasteiger partial charge < -0.3 is 34.3 Å². The van der Waals surface area contributed by atoms with Gasteiger partial charge in [-0.3, -0.25) is 28.9 Å². The fourth-order valence-corrected chi connectivity index (χ4v) is 10.1. The first kappa shape index (κ1) is 43.2. The molecule has 2 amide bonds.